The number of ether oxygens (including phenoxy) is 3. The summed E-state index contributed by atoms with van der Waals surface area (Å²) in [7, 11) is 0. The minimum Gasteiger partial charge on any atom is -0.451 e. The number of rotatable bonds is 6. The molecule has 0 aromatic heterocycles. The highest BCUT2D eigenvalue weighted by molar-refractivity contribution is 5.49. The van der Waals surface area contributed by atoms with Crippen molar-refractivity contribution in [2.24, 2.45) is 0 Å². The van der Waals surface area contributed by atoms with Gasteiger partial charge in [-0.05, 0) is 24.3 Å². The van der Waals surface area contributed by atoms with Gasteiger partial charge in [0, 0.05) is 23.5 Å². The van der Waals surface area contributed by atoms with E-state index < -0.39 is 69.5 Å². The van der Waals surface area contributed by atoms with E-state index >= 15 is 0 Å². The molecule has 0 aliphatic heterocycles. The molecule has 4 aromatic rings. The van der Waals surface area contributed by atoms with Crippen molar-refractivity contribution in [3.8, 4) is 34.5 Å². The van der Waals surface area contributed by atoms with Gasteiger partial charge < -0.3 is 25.7 Å². The van der Waals surface area contributed by atoms with Crippen molar-refractivity contribution >= 4 is 11.4 Å². The monoisotopic (exact) mass is 528 g/mol. The van der Waals surface area contributed by atoms with Gasteiger partial charge in [0.05, 0.1) is 0 Å². The largest absolute Gasteiger partial charge is 0.451 e. The van der Waals surface area contributed by atoms with Crippen molar-refractivity contribution in [2.45, 2.75) is 0 Å². The smallest absolute Gasteiger partial charge is 0.208 e. The van der Waals surface area contributed by atoms with E-state index in [0.29, 0.717) is 0 Å². The standard InChI is InChI=1S/C24H12F8N2O3/c25-13-17(29)23(18(30)14(26)21(13)35-11-5-1-3-9(33)7-11)37-24-19(31)15(27)22(16(28)20(24)32)36-12-6-2-4-10(34)8-12/h1-8H,33-34H2. The van der Waals surface area contributed by atoms with E-state index in [1.807, 2.05) is 0 Å². The zero-order valence-corrected chi connectivity index (χ0v) is 18.0. The molecule has 4 rings (SSSR count). The van der Waals surface area contributed by atoms with E-state index in [2.05, 4.69) is 4.74 Å². The molecular formula is C24H12F8N2O3. The molecule has 13 heteroatoms. The zero-order valence-electron chi connectivity index (χ0n) is 18.0. The van der Waals surface area contributed by atoms with E-state index in [1.54, 1.807) is 0 Å². The number of anilines is 2. The average Bonchev–Trinajstić information content (AvgIpc) is 2.86. The van der Waals surface area contributed by atoms with Gasteiger partial charge >= 0.3 is 0 Å². The van der Waals surface area contributed by atoms with Crippen molar-refractivity contribution in [3.05, 3.63) is 95.1 Å². The highest BCUT2D eigenvalue weighted by Gasteiger charge is 2.34. The van der Waals surface area contributed by atoms with Crippen LogP contribution >= 0.6 is 0 Å². The molecule has 0 atom stereocenters. The van der Waals surface area contributed by atoms with Gasteiger partial charge in [-0.3, -0.25) is 0 Å². The van der Waals surface area contributed by atoms with Crippen molar-refractivity contribution < 1.29 is 49.3 Å². The summed E-state index contributed by atoms with van der Waals surface area (Å²) in [6.45, 7) is 0. The maximum absolute atomic E-state index is 14.6. The van der Waals surface area contributed by atoms with Crippen LogP contribution in [0.1, 0.15) is 0 Å². The molecule has 0 bridgehead atoms. The van der Waals surface area contributed by atoms with Crippen LogP contribution in [0.15, 0.2) is 48.5 Å². The minimum absolute atomic E-state index is 0.0809. The summed E-state index contributed by atoms with van der Waals surface area (Å²) in [4.78, 5) is 0. The molecule has 192 valence electrons. The summed E-state index contributed by atoms with van der Waals surface area (Å²) in [6.07, 6.45) is 0. The van der Waals surface area contributed by atoms with E-state index in [0.717, 1.165) is 24.3 Å². The fourth-order valence-electron chi connectivity index (χ4n) is 3.04. The molecule has 4 aromatic carbocycles. The number of benzene rings is 4. The SMILES string of the molecule is Nc1cccc(Oc2c(F)c(F)c(Oc3c(F)c(F)c(Oc4cccc(N)c4)c(F)c3F)c(F)c2F)c1. The van der Waals surface area contributed by atoms with E-state index in [9.17, 15) is 35.1 Å². The highest BCUT2D eigenvalue weighted by atomic mass is 19.2. The lowest BCUT2D eigenvalue weighted by Crippen LogP contribution is -2.08. The lowest BCUT2D eigenvalue weighted by atomic mass is 10.2. The Morgan fingerprint density at radius 1 is 0.405 bits per heavy atom. The number of nitrogen functional groups attached to an aromatic ring is 2. The van der Waals surface area contributed by atoms with Crippen LogP contribution in [0.4, 0.5) is 46.5 Å². The van der Waals surface area contributed by atoms with Gasteiger partial charge in [0.2, 0.25) is 69.5 Å². The first-order valence-corrected chi connectivity index (χ1v) is 9.96. The number of hydrogen-bond donors (Lipinski definition) is 2. The van der Waals surface area contributed by atoms with Crippen LogP contribution in [-0.4, -0.2) is 0 Å². The van der Waals surface area contributed by atoms with Gasteiger partial charge in [-0.15, -0.1) is 0 Å². The molecule has 4 N–H and O–H groups in total. The third-order valence-corrected chi connectivity index (χ3v) is 4.73. The lowest BCUT2D eigenvalue weighted by molar-refractivity contribution is 0.299. The Kier molecular flexibility index (Phi) is 6.70. The Hall–Kier alpha value is -4.68. The first kappa shape index (κ1) is 25.4. The molecule has 37 heavy (non-hydrogen) atoms. The molecule has 0 radical (unpaired) electrons. The Bertz CT molecular complexity index is 1360. The first-order valence-electron chi connectivity index (χ1n) is 9.96. The third kappa shape index (κ3) is 4.75. The van der Waals surface area contributed by atoms with Crippen molar-refractivity contribution in [1.29, 1.82) is 0 Å². The van der Waals surface area contributed by atoms with Gasteiger partial charge in [-0.25, -0.2) is 0 Å². The van der Waals surface area contributed by atoms with Crippen molar-refractivity contribution in [1.82, 2.24) is 0 Å². The maximum Gasteiger partial charge on any atom is 0.208 e. The van der Waals surface area contributed by atoms with E-state index in [4.69, 9.17) is 20.9 Å². The third-order valence-electron chi connectivity index (χ3n) is 4.73. The fraction of sp³-hybridized carbons (Fsp3) is 0. The van der Waals surface area contributed by atoms with Crippen LogP contribution in [0.2, 0.25) is 0 Å². The second kappa shape index (κ2) is 9.76. The maximum atomic E-state index is 14.6. The summed E-state index contributed by atoms with van der Waals surface area (Å²) >= 11 is 0. The molecule has 0 amide bonds. The molecule has 0 saturated carbocycles. The molecule has 0 aliphatic rings. The molecule has 5 nitrogen and oxygen atoms in total. The van der Waals surface area contributed by atoms with E-state index in [1.165, 1.54) is 24.3 Å². The zero-order chi connectivity index (χ0) is 27.0. The summed E-state index contributed by atoms with van der Waals surface area (Å²) in [5, 5.41) is 0. The van der Waals surface area contributed by atoms with Gasteiger partial charge in [-0.1, -0.05) is 12.1 Å². The molecule has 0 unspecified atom stereocenters. The lowest BCUT2D eigenvalue weighted by Gasteiger charge is -2.16. The molecule has 0 fully saturated rings. The predicted octanol–water partition coefficient (Wildman–Crippen LogP) is 7.34. The quantitative estimate of drug-likeness (QED) is 0.156. The summed E-state index contributed by atoms with van der Waals surface area (Å²) in [5.41, 5.74) is 11.1. The van der Waals surface area contributed by atoms with E-state index in [-0.39, 0.29) is 22.9 Å². The van der Waals surface area contributed by atoms with Crippen LogP contribution in [0.3, 0.4) is 0 Å². The molecule has 0 saturated heterocycles. The summed E-state index contributed by atoms with van der Waals surface area (Å²) in [5.74, 6) is -25.9. The number of nitrogens with two attached hydrogens (primary N) is 2. The molecule has 0 aliphatic carbocycles. The van der Waals surface area contributed by atoms with Gasteiger partial charge in [-0.2, -0.15) is 35.1 Å². The van der Waals surface area contributed by atoms with Crippen LogP contribution in [-0.2, 0) is 0 Å². The van der Waals surface area contributed by atoms with Crippen LogP contribution in [0, 0.1) is 46.5 Å². The highest BCUT2D eigenvalue weighted by Crippen LogP contribution is 2.43. The average molecular weight is 528 g/mol. The summed E-state index contributed by atoms with van der Waals surface area (Å²) in [6, 6.07) is 9.82. The van der Waals surface area contributed by atoms with Gasteiger partial charge in [0.25, 0.3) is 0 Å². The van der Waals surface area contributed by atoms with Gasteiger partial charge in [0.1, 0.15) is 11.5 Å². The number of halogens is 8. The van der Waals surface area contributed by atoms with Gasteiger partial charge in [0.15, 0.2) is 0 Å². The number of hydrogen-bond acceptors (Lipinski definition) is 5. The predicted molar refractivity (Wildman–Crippen MR) is 114 cm³/mol. The summed E-state index contributed by atoms with van der Waals surface area (Å²) < 4.78 is 130. The molecule has 0 spiro atoms. The normalized spacial score (nSPS) is 10.9. The fourth-order valence-corrected chi connectivity index (χ4v) is 3.04. The topological polar surface area (TPSA) is 79.7 Å². The minimum atomic E-state index is -2.32. The second-order valence-electron chi connectivity index (χ2n) is 7.28. The molecular weight excluding hydrogens is 516 g/mol. The first-order chi connectivity index (χ1) is 17.5. The van der Waals surface area contributed by atoms with Crippen LogP contribution in [0.25, 0.3) is 0 Å². The Balaban J connectivity index is 1.74. The van der Waals surface area contributed by atoms with Crippen LogP contribution < -0.4 is 25.7 Å². The van der Waals surface area contributed by atoms with Crippen LogP contribution in [0.5, 0.6) is 34.5 Å². The Morgan fingerprint density at radius 2 is 0.676 bits per heavy atom. The van der Waals surface area contributed by atoms with Crippen molar-refractivity contribution in [3.63, 3.8) is 0 Å². The second-order valence-corrected chi connectivity index (χ2v) is 7.28. The molecule has 0 heterocycles. The van der Waals surface area contributed by atoms with Crippen molar-refractivity contribution in [2.75, 3.05) is 11.5 Å². The Morgan fingerprint density at radius 3 is 0.946 bits per heavy atom. The Labute approximate surface area is 202 Å².